The van der Waals surface area contributed by atoms with Crippen LogP contribution in [-0.2, 0) is 4.79 Å². The van der Waals surface area contributed by atoms with Crippen molar-refractivity contribution in [1.82, 2.24) is 15.3 Å². The molecule has 7 heteroatoms. The zero-order valence-corrected chi connectivity index (χ0v) is 17.9. The number of para-hydroxylation sites is 1. The molecule has 0 spiro atoms. The van der Waals surface area contributed by atoms with E-state index in [2.05, 4.69) is 15.6 Å². The van der Waals surface area contributed by atoms with Crippen LogP contribution in [0.5, 0.6) is 0 Å². The Morgan fingerprint density at radius 2 is 1.97 bits per heavy atom. The number of nitrogens with zero attached hydrogens (tertiary/aromatic N) is 2. The minimum absolute atomic E-state index is 0.115. The van der Waals surface area contributed by atoms with E-state index in [1.54, 1.807) is 6.20 Å². The van der Waals surface area contributed by atoms with Crippen molar-refractivity contribution in [2.45, 2.75) is 44.9 Å². The van der Waals surface area contributed by atoms with Gasteiger partial charge in [0.25, 0.3) is 5.91 Å². The van der Waals surface area contributed by atoms with Crippen LogP contribution < -0.4 is 10.6 Å². The predicted octanol–water partition coefficient (Wildman–Crippen LogP) is 4.74. The van der Waals surface area contributed by atoms with Crippen molar-refractivity contribution < 1.29 is 9.59 Å². The van der Waals surface area contributed by atoms with Gasteiger partial charge in [-0.25, -0.2) is 4.98 Å². The Morgan fingerprint density at radius 3 is 2.70 bits per heavy atom. The maximum Gasteiger partial charge on any atom is 0.258 e. The van der Waals surface area contributed by atoms with E-state index in [1.807, 2.05) is 42.6 Å². The van der Waals surface area contributed by atoms with E-state index >= 15 is 0 Å². The highest BCUT2D eigenvalue weighted by Crippen LogP contribution is 2.36. The average molecular weight is 423 g/mol. The fourth-order valence-electron chi connectivity index (χ4n) is 4.09. The number of nitrogens with one attached hydrogen (secondary N) is 2. The molecule has 2 aromatic heterocycles. The highest BCUT2D eigenvalue weighted by molar-refractivity contribution is 7.13. The molecule has 3 aromatic rings. The largest absolute Gasteiger partial charge is 0.356 e. The summed E-state index contributed by atoms with van der Waals surface area (Å²) in [6, 6.07) is 9.74. The minimum atomic E-state index is -0.152. The lowest BCUT2D eigenvalue weighted by Gasteiger charge is -2.28. The van der Waals surface area contributed by atoms with Gasteiger partial charge in [0, 0.05) is 41.5 Å². The van der Waals surface area contributed by atoms with Crippen LogP contribution in [0.1, 0.15) is 61.0 Å². The van der Waals surface area contributed by atoms with Crippen LogP contribution in [0.15, 0.2) is 41.9 Å². The summed E-state index contributed by atoms with van der Waals surface area (Å²) in [6.07, 6.45) is 6.37. The number of benzene rings is 1. The number of amides is 2. The molecule has 0 aliphatic heterocycles. The smallest absolute Gasteiger partial charge is 0.258 e. The zero-order valence-electron chi connectivity index (χ0n) is 17.1. The van der Waals surface area contributed by atoms with E-state index in [9.17, 15) is 9.59 Å². The summed E-state index contributed by atoms with van der Waals surface area (Å²) < 4.78 is 0. The van der Waals surface area contributed by atoms with E-state index in [1.165, 1.54) is 11.3 Å². The lowest BCUT2D eigenvalue weighted by atomic mass is 9.80. The number of aromatic nitrogens is 2. The van der Waals surface area contributed by atoms with Gasteiger partial charge < -0.3 is 5.32 Å². The number of anilines is 1. The lowest BCUT2D eigenvalue weighted by Crippen LogP contribution is -2.30. The first-order valence-corrected chi connectivity index (χ1v) is 11.4. The van der Waals surface area contributed by atoms with Crippen molar-refractivity contribution in [2.75, 3.05) is 11.9 Å². The molecule has 1 aromatic carbocycles. The second-order valence-corrected chi connectivity index (χ2v) is 8.67. The van der Waals surface area contributed by atoms with Crippen LogP contribution in [0, 0.1) is 5.92 Å². The first-order chi connectivity index (χ1) is 14.6. The topological polar surface area (TPSA) is 84.0 Å². The second kappa shape index (κ2) is 9.34. The first kappa shape index (κ1) is 20.5. The Bertz CT molecular complexity index is 1030. The van der Waals surface area contributed by atoms with Gasteiger partial charge in [0.05, 0.1) is 11.1 Å². The van der Waals surface area contributed by atoms with E-state index in [0.717, 1.165) is 48.8 Å². The number of carbonyl (C=O) groups is 2. The molecule has 6 nitrogen and oxygen atoms in total. The van der Waals surface area contributed by atoms with E-state index < -0.39 is 0 Å². The standard InChI is InChI=1S/C23H26N4O2S/c1-2-21(28)25-14-15-7-9-16(10-8-15)20-13-18(17-5-3-4-6-19(17)26-20)22(29)27-23-24-11-12-30-23/h3-6,11-13,15-16H,2,7-10,14H2,1H3,(H,25,28)(H,24,27,29). The molecule has 0 unspecified atom stereocenters. The molecule has 1 aliphatic carbocycles. The van der Waals surface area contributed by atoms with E-state index in [-0.39, 0.29) is 11.8 Å². The minimum Gasteiger partial charge on any atom is -0.356 e. The number of carbonyl (C=O) groups excluding carboxylic acids is 2. The predicted molar refractivity (Wildman–Crippen MR) is 120 cm³/mol. The van der Waals surface area contributed by atoms with Gasteiger partial charge in [-0.2, -0.15) is 0 Å². The molecule has 2 heterocycles. The number of thiazole rings is 1. The van der Waals surface area contributed by atoms with Crippen molar-refractivity contribution in [2.24, 2.45) is 5.92 Å². The third-order valence-corrected chi connectivity index (χ3v) is 6.50. The molecular formula is C23H26N4O2S. The normalized spacial score (nSPS) is 18.8. The second-order valence-electron chi connectivity index (χ2n) is 7.78. The van der Waals surface area contributed by atoms with E-state index in [4.69, 9.17) is 4.98 Å². The van der Waals surface area contributed by atoms with Gasteiger partial charge in [-0.05, 0) is 43.7 Å². The van der Waals surface area contributed by atoms with Gasteiger partial charge in [0.1, 0.15) is 0 Å². The molecule has 156 valence electrons. The summed E-state index contributed by atoms with van der Waals surface area (Å²) in [4.78, 5) is 33.5. The highest BCUT2D eigenvalue weighted by atomic mass is 32.1. The summed E-state index contributed by atoms with van der Waals surface area (Å²) in [7, 11) is 0. The summed E-state index contributed by atoms with van der Waals surface area (Å²) in [6.45, 7) is 2.63. The Balaban J connectivity index is 1.52. The molecule has 1 fully saturated rings. The number of fused-ring (bicyclic) bond motifs is 1. The fraction of sp³-hybridized carbons (Fsp3) is 0.391. The van der Waals surface area contributed by atoms with Crippen molar-refractivity contribution >= 4 is 39.2 Å². The first-order valence-electron chi connectivity index (χ1n) is 10.5. The van der Waals surface area contributed by atoms with Gasteiger partial charge in [-0.1, -0.05) is 25.1 Å². The van der Waals surface area contributed by atoms with Crippen LogP contribution in [0.3, 0.4) is 0 Å². The number of rotatable bonds is 6. The summed E-state index contributed by atoms with van der Waals surface area (Å²) in [5.74, 6) is 0.814. The molecule has 1 saturated carbocycles. The van der Waals surface area contributed by atoms with Gasteiger partial charge in [-0.3, -0.25) is 19.9 Å². The third kappa shape index (κ3) is 4.67. The fourth-order valence-corrected chi connectivity index (χ4v) is 4.61. The van der Waals surface area contributed by atoms with Crippen LogP contribution in [-0.4, -0.2) is 28.3 Å². The molecule has 0 bridgehead atoms. The summed E-state index contributed by atoms with van der Waals surface area (Å²) in [5.41, 5.74) is 2.47. The number of pyridine rings is 1. The molecule has 2 N–H and O–H groups in total. The molecular weight excluding hydrogens is 396 g/mol. The SMILES string of the molecule is CCC(=O)NCC1CCC(c2cc(C(=O)Nc3nccs3)c3ccccc3n2)CC1. The zero-order chi connectivity index (χ0) is 20.9. The molecule has 0 radical (unpaired) electrons. The van der Waals surface area contributed by atoms with Crippen LogP contribution in [0.4, 0.5) is 5.13 Å². The number of hydrogen-bond donors (Lipinski definition) is 2. The third-order valence-electron chi connectivity index (χ3n) is 5.81. The Labute approximate surface area is 180 Å². The van der Waals surface area contributed by atoms with E-state index in [0.29, 0.717) is 29.0 Å². The van der Waals surface area contributed by atoms with Gasteiger partial charge in [-0.15, -0.1) is 11.3 Å². The van der Waals surface area contributed by atoms with Gasteiger partial charge in [0.2, 0.25) is 5.91 Å². The van der Waals surface area contributed by atoms with Crippen molar-refractivity contribution in [3.63, 3.8) is 0 Å². The maximum absolute atomic E-state index is 13.0. The monoisotopic (exact) mass is 422 g/mol. The Hall–Kier alpha value is -2.80. The van der Waals surface area contributed by atoms with Crippen molar-refractivity contribution in [1.29, 1.82) is 0 Å². The van der Waals surface area contributed by atoms with Gasteiger partial charge in [0.15, 0.2) is 5.13 Å². The molecule has 30 heavy (non-hydrogen) atoms. The average Bonchev–Trinajstić information content (AvgIpc) is 3.30. The highest BCUT2D eigenvalue weighted by Gasteiger charge is 2.25. The van der Waals surface area contributed by atoms with Gasteiger partial charge >= 0.3 is 0 Å². The summed E-state index contributed by atoms with van der Waals surface area (Å²) >= 11 is 1.40. The number of hydrogen-bond acceptors (Lipinski definition) is 5. The molecule has 4 rings (SSSR count). The van der Waals surface area contributed by atoms with Crippen LogP contribution in [0.2, 0.25) is 0 Å². The molecule has 1 aliphatic rings. The molecule has 0 atom stereocenters. The molecule has 2 amide bonds. The Morgan fingerprint density at radius 1 is 1.17 bits per heavy atom. The lowest BCUT2D eigenvalue weighted by molar-refractivity contribution is -0.121. The quantitative estimate of drug-likeness (QED) is 0.601. The Kier molecular flexibility index (Phi) is 6.38. The molecule has 0 saturated heterocycles. The van der Waals surface area contributed by atoms with Crippen molar-refractivity contribution in [3.8, 4) is 0 Å². The van der Waals surface area contributed by atoms with Crippen molar-refractivity contribution in [3.05, 3.63) is 53.2 Å². The maximum atomic E-state index is 13.0. The summed E-state index contributed by atoms with van der Waals surface area (Å²) in [5, 5.41) is 9.20. The van der Waals surface area contributed by atoms with Crippen LogP contribution in [0.25, 0.3) is 10.9 Å². The van der Waals surface area contributed by atoms with Crippen LogP contribution >= 0.6 is 11.3 Å².